The minimum absolute atomic E-state index is 0.392. The van der Waals surface area contributed by atoms with Gasteiger partial charge in [-0.2, -0.15) is 5.10 Å². The van der Waals surface area contributed by atoms with Crippen LogP contribution in [0.3, 0.4) is 0 Å². The van der Waals surface area contributed by atoms with E-state index in [0.717, 1.165) is 12.1 Å². The first-order chi connectivity index (χ1) is 6.19. The Morgan fingerprint density at radius 3 is 2.92 bits per heavy atom. The minimum atomic E-state index is 0.392. The lowest BCUT2D eigenvalue weighted by atomic mass is 10.3. The summed E-state index contributed by atoms with van der Waals surface area (Å²) in [7, 11) is 1.64. The Kier molecular flexibility index (Phi) is 3.75. The Balaban J connectivity index is 2.81. The molecule has 3 nitrogen and oxygen atoms in total. The van der Waals surface area contributed by atoms with Crippen molar-refractivity contribution < 1.29 is 4.74 Å². The summed E-state index contributed by atoms with van der Waals surface area (Å²) < 4.78 is 6.86. The Hall–Kier alpha value is -0.540. The lowest BCUT2D eigenvalue weighted by Gasteiger charge is -2.07. The van der Waals surface area contributed by atoms with Gasteiger partial charge in [0.15, 0.2) is 0 Å². The van der Waals surface area contributed by atoms with E-state index in [-0.39, 0.29) is 0 Å². The van der Waals surface area contributed by atoms with Crippen molar-refractivity contribution in [3.63, 3.8) is 0 Å². The summed E-state index contributed by atoms with van der Waals surface area (Å²) in [4.78, 5) is 0. The molecule has 0 saturated carbocycles. The minimum Gasteiger partial charge on any atom is -0.378 e. The first-order valence-corrected chi connectivity index (χ1v) is 4.79. The molecule has 1 aromatic heterocycles. The lowest BCUT2D eigenvalue weighted by molar-refractivity contribution is 0.180. The Morgan fingerprint density at radius 1 is 1.69 bits per heavy atom. The van der Waals surface area contributed by atoms with E-state index in [9.17, 15) is 0 Å². The molecular formula is C9H15ClN2O. The summed E-state index contributed by atoms with van der Waals surface area (Å²) in [6, 6.07) is 0.392. The number of rotatable bonds is 4. The fourth-order valence-corrected chi connectivity index (χ4v) is 1.25. The second kappa shape index (κ2) is 4.63. The maximum Gasteiger partial charge on any atom is 0.107 e. The standard InChI is InChI=1S/C9H15ClN2O/c1-4-7(2)12-5-8(10)9(11-12)6-13-3/h5,7H,4,6H2,1-3H3/t7-/m0/s1. The Labute approximate surface area is 83.6 Å². The molecule has 0 spiro atoms. The van der Waals surface area contributed by atoms with Crippen LogP contribution in [0.5, 0.6) is 0 Å². The third-order valence-corrected chi connectivity index (χ3v) is 2.40. The zero-order chi connectivity index (χ0) is 9.84. The smallest absolute Gasteiger partial charge is 0.107 e. The highest BCUT2D eigenvalue weighted by atomic mass is 35.5. The van der Waals surface area contributed by atoms with Crippen LogP contribution in [0, 0.1) is 0 Å². The molecule has 1 heterocycles. The molecule has 0 aromatic carbocycles. The number of halogens is 1. The molecule has 13 heavy (non-hydrogen) atoms. The summed E-state index contributed by atoms with van der Waals surface area (Å²) in [6.45, 7) is 4.71. The predicted molar refractivity (Wildman–Crippen MR) is 53.0 cm³/mol. The van der Waals surface area contributed by atoms with E-state index >= 15 is 0 Å². The fourth-order valence-electron chi connectivity index (χ4n) is 1.05. The molecule has 0 aliphatic rings. The van der Waals surface area contributed by atoms with Gasteiger partial charge in [-0.1, -0.05) is 18.5 Å². The predicted octanol–water partition coefficient (Wildman–Crippen LogP) is 2.65. The van der Waals surface area contributed by atoms with Crippen LogP contribution in [-0.4, -0.2) is 16.9 Å². The molecule has 1 rings (SSSR count). The number of aromatic nitrogens is 2. The van der Waals surface area contributed by atoms with E-state index in [1.54, 1.807) is 7.11 Å². The number of nitrogens with zero attached hydrogens (tertiary/aromatic N) is 2. The quantitative estimate of drug-likeness (QED) is 0.751. The van der Waals surface area contributed by atoms with E-state index in [4.69, 9.17) is 16.3 Å². The van der Waals surface area contributed by atoms with Crippen LogP contribution < -0.4 is 0 Å². The van der Waals surface area contributed by atoms with Gasteiger partial charge in [0.25, 0.3) is 0 Å². The molecule has 0 N–H and O–H groups in total. The van der Waals surface area contributed by atoms with Crippen LogP contribution in [-0.2, 0) is 11.3 Å². The monoisotopic (exact) mass is 202 g/mol. The largest absolute Gasteiger partial charge is 0.378 e. The van der Waals surface area contributed by atoms with Crippen molar-refractivity contribution in [1.82, 2.24) is 9.78 Å². The number of methoxy groups -OCH3 is 1. The molecule has 0 fully saturated rings. The van der Waals surface area contributed by atoms with Gasteiger partial charge >= 0.3 is 0 Å². The number of ether oxygens (including phenoxy) is 1. The second-order valence-electron chi connectivity index (χ2n) is 3.09. The summed E-state index contributed by atoms with van der Waals surface area (Å²) >= 11 is 5.96. The normalized spacial score (nSPS) is 13.2. The first-order valence-electron chi connectivity index (χ1n) is 4.41. The number of hydrogen-bond acceptors (Lipinski definition) is 2. The number of hydrogen-bond donors (Lipinski definition) is 0. The van der Waals surface area contributed by atoms with Gasteiger partial charge in [0.05, 0.1) is 11.6 Å². The van der Waals surface area contributed by atoms with Gasteiger partial charge in [-0.05, 0) is 13.3 Å². The summed E-state index contributed by atoms with van der Waals surface area (Å²) in [5, 5.41) is 5.01. The molecule has 0 amide bonds. The molecule has 0 radical (unpaired) electrons. The maximum absolute atomic E-state index is 5.96. The Morgan fingerprint density at radius 2 is 2.38 bits per heavy atom. The average molecular weight is 203 g/mol. The molecule has 0 unspecified atom stereocenters. The lowest BCUT2D eigenvalue weighted by Crippen LogP contribution is -2.04. The molecule has 74 valence electrons. The summed E-state index contributed by atoms with van der Waals surface area (Å²) in [5.74, 6) is 0. The SMILES string of the molecule is CC[C@H](C)n1cc(Cl)c(COC)n1. The van der Waals surface area contributed by atoms with E-state index in [1.807, 2.05) is 10.9 Å². The maximum atomic E-state index is 5.96. The van der Waals surface area contributed by atoms with Crippen molar-refractivity contribution in [2.45, 2.75) is 32.9 Å². The van der Waals surface area contributed by atoms with Crippen LogP contribution in [0.25, 0.3) is 0 Å². The zero-order valence-electron chi connectivity index (χ0n) is 8.25. The van der Waals surface area contributed by atoms with Gasteiger partial charge in [-0.3, -0.25) is 4.68 Å². The molecule has 1 atom stereocenters. The van der Waals surface area contributed by atoms with Crippen LogP contribution in [0.2, 0.25) is 5.02 Å². The van der Waals surface area contributed by atoms with E-state index in [0.29, 0.717) is 17.7 Å². The molecule has 0 aliphatic carbocycles. The van der Waals surface area contributed by atoms with Crippen LogP contribution in [0.1, 0.15) is 32.0 Å². The molecule has 4 heteroatoms. The van der Waals surface area contributed by atoms with Gasteiger partial charge < -0.3 is 4.74 Å². The van der Waals surface area contributed by atoms with E-state index in [2.05, 4.69) is 18.9 Å². The van der Waals surface area contributed by atoms with Gasteiger partial charge in [-0.25, -0.2) is 0 Å². The van der Waals surface area contributed by atoms with Gasteiger partial charge in [0.2, 0.25) is 0 Å². The Bertz CT molecular complexity index is 273. The van der Waals surface area contributed by atoms with Crippen molar-refractivity contribution in [1.29, 1.82) is 0 Å². The summed E-state index contributed by atoms with van der Waals surface area (Å²) in [6.07, 6.45) is 2.90. The molecule has 0 saturated heterocycles. The third kappa shape index (κ3) is 2.45. The van der Waals surface area contributed by atoms with Crippen molar-refractivity contribution in [3.05, 3.63) is 16.9 Å². The van der Waals surface area contributed by atoms with Crippen molar-refractivity contribution in [2.24, 2.45) is 0 Å². The molecule has 1 aromatic rings. The van der Waals surface area contributed by atoms with Crippen LogP contribution in [0.4, 0.5) is 0 Å². The van der Waals surface area contributed by atoms with Crippen molar-refractivity contribution in [3.8, 4) is 0 Å². The van der Waals surface area contributed by atoms with Gasteiger partial charge in [-0.15, -0.1) is 0 Å². The zero-order valence-corrected chi connectivity index (χ0v) is 9.01. The van der Waals surface area contributed by atoms with Crippen molar-refractivity contribution in [2.75, 3.05) is 7.11 Å². The molecule has 0 aliphatic heterocycles. The molecular weight excluding hydrogens is 188 g/mol. The van der Waals surface area contributed by atoms with E-state index in [1.165, 1.54) is 0 Å². The average Bonchev–Trinajstić information content (AvgIpc) is 2.47. The van der Waals surface area contributed by atoms with Crippen molar-refractivity contribution >= 4 is 11.6 Å². The van der Waals surface area contributed by atoms with Crippen LogP contribution in [0.15, 0.2) is 6.20 Å². The third-order valence-electron chi connectivity index (χ3n) is 2.08. The van der Waals surface area contributed by atoms with E-state index < -0.39 is 0 Å². The summed E-state index contributed by atoms with van der Waals surface area (Å²) in [5.41, 5.74) is 0.810. The van der Waals surface area contributed by atoms with Gasteiger partial charge in [0.1, 0.15) is 5.69 Å². The highest BCUT2D eigenvalue weighted by Gasteiger charge is 2.09. The molecule has 0 bridgehead atoms. The fraction of sp³-hybridized carbons (Fsp3) is 0.667. The highest BCUT2D eigenvalue weighted by Crippen LogP contribution is 2.18. The van der Waals surface area contributed by atoms with Gasteiger partial charge in [0, 0.05) is 19.3 Å². The first kappa shape index (κ1) is 10.5. The topological polar surface area (TPSA) is 27.1 Å². The van der Waals surface area contributed by atoms with Crippen LogP contribution >= 0.6 is 11.6 Å². The second-order valence-corrected chi connectivity index (χ2v) is 3.50. The highest BCUT2D eigenvalue weighted by molar-refractivity contribution is 6.31.